The van der Waals surface area contributed by atoms with Gasteiger partial charge in [0.2, 0.25) is 0 Å². The molecule has 1 spiro atoms. The van der Waals surface area contributed by atoms with Crippen LogP contribution in [0.2, 0.25) is 10.0 Å². The van der Waals surface area contributed by atoms with E-state index in [0.717, 1.165) is 11.1 Å². The van der Waals surface area contributed by atoms with E-state index in [1.165, 1.54) is 0 Å². The summed E-state index contributed by atoms with van der Waals surface area (Å²) in [5.41, 5.74) is 2.61. The van der Waals surface area contributed by atoms with E-state index in [-0.39, 0.29) is 18.9 Å². The third-order valence-corrected chi connectivity index (χ3v) is 7.28. The molecule has 5 rings (SSSR count). The topological polar surface area (TPSA) is 71.0 Å². The highest BCUT2D eigenvalue weighted by Gasteiger charge is 2.60. The molecule has 3 aromatic carbocycles. The van der Waals surface area contributed by atoms with Crippen LogP contribution in [0.4, 0.5) is 5.69 Å². The number of benzene rings is 3. The van der Waals surface area contributed by atoms with Crippen LogP contribution in [0.1, 0.15) is 37.3 Å². The molecule has 0 bridgehead atoms. The number of anilines is 1. The number of hydrogen-bond acceptors (Lipinski definition) is 5. The van der Waals surface area contributed by atoms with Crippen LogP contribution in [-0.4, -0.2) is 29.7 Å². The number of halogens is 2. The minimum atomic E-state index is -1.29. The zero-order valence-corrected chi connectivity index (χ0v) is 21.9. The molecule has 2 atom stereocenters. The van der Waals surface area contributed by atoms with Crippen LogP contribution in [0.25, 0.3) is 0 Å². The van der Waals surface area contributed by atoms with Gasteiger partial charge in [-0.2, -0.15) is 5.10 Å². The maximum atomic E-state index is 14.2. The second-order valence-corrected chi connectivity index (χ2v) is 9.87. The summed E-state index contributed by atoms with van der Waals surface area (Å²) < 4.78 is 5.49. The minimum absolute atomic E-state index is 0.214. The molecule has 0 saturated heterocycles. The zero-order chi connectivity index (χ0) is 26.2. The molecule has 2 heterocycles. The van der Waals surface area contributed by atoms with Crippen molar-refractivity contribution < 1.29 is 14.3 Å². The van der Waals surface area contributed by atoms with Gasteiger partial charge < -0.3 is 10.1 Å². The van der Waals surface area contributed by atoms with Crippen LogP contribution >= 0.6 is 23.2 Å². The maximum Gasteiger partial charge on any atom is 0.336 e. The van der Waals surface area contributed by atoms with Gasteiger partial charge in [-0.3, -0.25) is 4.79 Å². The Kier molecular flexibility index (Phi) is 6.80. The molecule has 0 aliphatic carbocycles. The average molecular weight is 534 g/mol. The first kappa shape index (κ1) is 25.1. The van der Waals surface area contributed by atoms with E-state index in [1.807, 2.05) is 54.6 Å². The summed E-state index contributed by atoms with van der Waals surface area (Å²) in [5.74, 6) is -1.38. The van der Waals surface area contributed by atoms with Crippen molar-refractivity contribution in [1.29, 1.82) is 0 Å². The number of hydrogen-bond donors (Lipinski definition) is 1. The van der Waals surface area contributed by atoms with Gasteiger partial charge in [-0.05, 0) is 61.4 Å². The van der Waals surface area contributed by atoms with E-state index in [9.17, 15) is 9.59 Å². The van der Waals surface area contributed by atoms with Crippen molar-refractivity contribution in [3.8, 4) is 0 Å². The van der Waals surface area contributed by atoms with Gasteiger partial charge in [-0.15, -0.1) is 0 Å². The molecular formula is C29H25Cl2N3O3. The highest BCUT2D eigenvalue weighted by molar-refractivity contribution is 6.31. The predicted octanol–water partition coefficient (Wildman–Crippen LogP) is 6.10. The molecule has 1 N–H and O–H groups in total. The van der Waals surface area contributed by atoms with E-state index in [4.69, 9.17) is 33.0 Å². The summed E-state index contributed by atoms with van der Waals surface area (Å²) in [6.07, 6.45) is 0.249. The van der Waals surface area contributed by atoms with E-state index in [0.29, 0.717) is 32.7 Å². The van der Waals surface area contributed by atoms with Crippen molar-refractivity contribution in [2.45, 2.75) is 31.7 Å². The van der Waals surface area contributed by atoms with Gasteiger partial charge in [0, 0.05) is 22.2 Å². The Morgan fingerprint density at radius 1 is 1.03 bits per heavy atom. The lowest BCUT2D eigenvalue weighted by molar-refractivity contribution is -0.139. The molecule has 0 aromatic heterocycles. The van der Waals surface area contributed by atoms with Crippen LogP contribution in [0.15, 0.2) is 95.2 Å². The number of carbonyl (C=O) groups excluding carboxylic acids is 2. The number of carbonyl (C=O) groups is 2. The molecule has 2 aliphatic heterocycles. The van der Waals surface area contributed by atoms with Crippen molar-refractivity contribution in [3.63, 3.8) is 0 Å². The molecule has 37 heavy (non-hydrogen) atoms. The van der Waals surface area contributed by atoms with Crippen LogP contribution < -0.4 is 10.3 Å². The van der Waals surface area contributed by atoms with Crippen molar-refractivity contribution >= 4 is 46.5 Å². The lowest BCUT2D eigenvalue weighted by atomic mass is 9.68. The third kappa shape index (κ3) is 4.41. The maximum absolute atomic E-state index is 14.2. The van der Waals surface area contributed by atoms with Crippen LogP contribution in [-0.2, 0) is 14.3 Å². The molecule has 1 amide bonds. The first-order valence-corrected chi connectivity index (χ1v) is 12.7. The summed E-state index contributed by atoms with van der Waals surface area (Å²) in [6.45, 7) is 3.71. The Morgan fingerprint density at radius 2 is 1.65 bits per heavy atom. The average Bonchev–Trinajstić information content (AvgIpc) is 3.29. The molecular weight excluding hydrogens is 509 g/mol. The van der Waals surface area contributed by atoms with Gasteiger partial charge in [-0.25, -0.2) is 9.80 Å². The Morgan fingerprint density at radius 3 is 2.27 bits per heavy atom. The lowest BCUT2D eigenvalue weighted by Gasteiger charge is -2.46. The summed E-state index contributed by atoms with van der Waals surface area (Å²) >= 11 is 12.3. The number of esters is 1. The molecule has 0 radical (unpaired) electrons. The normalized spacial score (nSPS) is 21.2. The van der Waals surface area contributed by atoms with Gasteiger partial charge in [0.05, 0.1) is 29.5 Å². The molecule has 3 aromatic rings. The fourth-order valence-corrected chi connectivity index (χ4v) is 5.40. The molecule has 0 unspecified atom stereocenters. The number of ether oxygens (including phenoxy) is 1. The van der Waals surface area contributed by atoms with Gasteiger partial charge in [0.25, 0.3) is 5.91 Å². The molecule has 188 valence electrons. The molecule has 6 nitrogen and oxygen atoms in total. The first-order valence-electron chi connectivity index (χ1n) is 12.0. The fraction of sp³-hybridized carbons (Fsp3) is 0.207. The number of amides is 1. The Bertz CT molecular complexity index is 1400. The number of hydrazone groups is 1. The Hall–Kier alpha value is -3.61. The van der Waals surface area contributed by atoms with Gasteiger partial charge in [-0.1, -0.05) is 65.7 Å². The highest BCUT2D eigenvalue weighted by Crippen LogP contribution is 2.50. The van der Waals surface area contributed by atoms with Gasteiger partial charge >= 0.3 is 5.97 Å². The monoisotopic (exact) mass is 533 g/mol. The van der Waals surface area contributed by atoms with Gasteiger partial charge in [0.1, 0.15) is 0 Å². The Labute approximate surface area is 225 Å². The number of allylic oxidation sites excluding steroid dienone is 1. The molecule has 2 aliphatic rings. The SMILES string of the molecule is CCOC(=O)C1=C(C)NC(=O)[C@@]2(CC(c3ccc(Cl)cc3)=NN2c2ccc(Cl)cc2)[C@H]1c1ccccc1. The van der Waals surface area contributed by atoms with E-state index >= 15 is 0 Å². The lowest BCUT2D eigenvalue weighted by Crippen LogP contribution is -2.62. The quantitative estimate of drug-likeness (QED) is 0.402. The largest absolute Gasteiger partial charge is 0.463 e. The number of rotatable bonds is 5. The summed E-state index contributed by atoms with van der Waals surface area (Å²) in [7, 11) is 0. The molecule has 8 heteroatoms. The summed E-state index contributed by atoms with van der Waals surface area (Å²) in [6, 6.07) is 24.1. The first-order chi connectivity index (χ1) is 17.8. The summed E-state index contributed by atoms with van der Waals surface area (Å²) in [5, 5.41) is 10.9. The molecule has 0 saturated carbocycles. The van der Waals surface area contributed by atoms with Gasteiger partial charge in [0.15, 0.2) is 5.54 Å². The van der Waals surface area contributed by atoms with E-state index in [2.05, 4.69) is 5.32 Å². The van der Waals surface area contributed by atoms with E-state index in [1.54, 1.807) is 43.1 Å². The fourth-order valence-electron chi connectivity index (χ4n) is 5.15. The van der Waals surface area contributed by atoms with Crippen LogP contribution in [0.5, 0.6) is 0 Å². The van der Waals surface area contributed by atoms with Crippen molar-refractivity contribution in [2.75, 3.05) is 11.6 Å². The van der Waals surface area contributed by atoms with Crippen molar-refractivity contribution in [1.82, 2.24) is 5.32 Å². The zero-order valence-electron chi connectivity index (χ0n) is 20.4. The van der Waals surface area contributed by atoms with Crippen molar-refractivity contribution in [2.24, 2.45) is 5.10 Å². The third-order valence-electron chi connectivity index (χ3n) is 6.78. The van der Waals surface area contributed by atoms with Crippen LogP contribution in [0.3, 0.4) is 0 Å². The standard InChI is InChI=1S/C29H25Cl2N3O3/c1-3-37-27(35)25-18(2)32-28(36)29(26(25)20-7-5-4-6-8-20)17-24(19-9-11-21(30)12-10-19)33-34(29)23-15-13-22(31)14-16-23/h4-16,26H,3,17H2,1-2H3,(H,32,36)/t26-,29+/m0/s1. The molecule has 0 fully saturated rings. The smallest absolute Gasteiger partial charge is 0.336 e. The van der Waals surface area contributed by atoms with Crippen LogP contribution in [0, 0.1) is 0 Å². The Balaban J connectivity index is 1.76. The minimum Gasteiger partial charge on any atom is -0.463 e. The predicted molar refractivity (Wildman–Crippen MR) is 146 cm³/mol. The van der Waals surface area contributed by atoms with Crippen molar-refractivity contribution in [3.05, 3.63) is 111 Å². The highest BCUT2D eigenvalue weighted by atomic mass is 35.5. The van der Waals surface area contributed by atoms with E-state index < -0.39 is 17.4 Å². The second-order valence-electron chi connectivity index (χ2n) is 9.00. The number of nitrogens with zero attached hydrogens (tertiary/aromatic N) is 2. The second kappa shape index (κ2) is 10.0. The summed E-state index contributed by atoms with van der Waals surface area (Å²) in [4.78, 5) is 27.6. The number of nitrogens with one attached hydrogen (secondary N) is 1.